The molecule has 0 amide bonds. The number of benzene rings is 1. The summed E-state index contributed by atoms with van der Waals surface area (Å²) in [6, 6.07) is 8.69. The van der Waals surface area contributed by atoms with Gasteiger partial charge in [0.2, 0.25) is 0 Å². The van der Waals surface area contributed by atoms with E-state index < -0.39 is 0 Å². The lowest BCUT2D eigenvalue weighted by Crippen LogP contribution is -2.40. The molecule has 106 valence electrons. The lowest BCUT2D eigenvalue weighted by atomic mass is 9.68. The van der Waals surface area contributed by atoms with Gasteiger partial charge in [0.05, 0.1) is 6.04 Å². The van der Waals surface area contributed by atoms with Crippen LogP contribution in [0, 0.1) is 5.41 Å². The first-order valence-corrected chi connectivity index (χ1v) is 6.70. The molecule has 1 aromatic carbocycles. The van der Waals surface area contributed by atoms with E-state index in [-0.39, 0.29) is 24.0 Å². The highest BCUT2D eigenvalue weighted by Gasteiger charge is 2.38. The highest BCUT2D eigenvalue weighted by atomic mass is 127. The average Bonchev–Trinajstić information content (AvgIpc) is 2.36. The van der Waals surface area contributed by atoms with Crippen molar-refractivity contribution in [3.8, 4) is 0 Å². The summed E-state index contributed by atoms with van der Waals surface area (Å²) in [4.78, 5) is 4.56. The number of aryl methyl sites for hydroxylation is 1. The summed E-state index contributed by atoms with van der Waals surface area (Å²) < 4.78 is 0. The maximum absolute atomic E-state index is 5.95. The van der Waals surface area contributed by atoms with Gasteiger partial charge in [-0.2, -0.15) is 0 Å². The predicted octanol–water partition coefficient (Wildman–Crippen LogP) is 3.78. The minimum Gasteiger partial charge on any atom is -0.370 e. The van der Waals surface area contributed by atoms with Crippen LogP contribution < -0.4 is 11.1 Å². The molecule has 1 aromatic rings. The van der Waals surface area contributed by atoms with Crippen molar-refractivity contribution in [2.75, 3.05) is 5.32 Å². The molecule has 2 rings (SSSR count). The Bertz CT molecular complexity index is 437. The van der Waals surface area contributed by atoms with Crippen molar-refractivity contribution >= 4 is 35.6 Å². The Morgan fingerprint density at radius 2 is 2.00 bits per heavy atom. The summed E-state index contributed by atoms with van der Waals surface area (Å²) in [7, 11) is 0. The minimum absolute atomic E-state index is 0. The number of rotatable bonds is 3. The van der Waals surface area contributed by atoms with Crippen LogP contribution in [0.3, 0.4) is 0 Å². The van der Waals surface area contributed by atoms with Crippen LogP contribution in [0.4, 0.5) is 5.69 Å². The quantitative estimate of drug-likeness (QED) is 0.481. The van der Waals surface area contributed by atoms with Gasteiger partial charge in [0.25, 0.3) is 0 Å². The van der Waals surface area contributed by atoms with Gasteiger partial charge in [0.1, 0.15) is 0 Å². The van der Waals surface area contributed by atoms with E-state index in [1.165, 1.54) is 12.0 Å². The van der Waals surface area contributed by atoms with E-state index in [9.17, 15) is 0 Å². The van der Waals surface area contributed by atoms with Gasteiger partial charge in [-0.3, -0.25) is 0 Å². The van der Waals surface area contributed by atoms with Crippen LogP contribution in [0.2, 0.25) is 0 Å². The summed E-state index contributed by atoms with van der Waals surface area (Å²) in [5.41, 5.74) is 8.59. The third kappa shape index (κ3) is 4.09. The van der Waals surface area contributed by atoms with Crippen LogP contribution in [0.5, 0.6) is 0 Å². The molecule has 0 heterocycles. The smallest absolute Gasteiger partial charge is 0.193 e. The molecular formula is C15H24IN3. The van der Waals surface area contributed by atoms with E-state index in [2.05, 4.69) is 43.2 Å². The van der Waals surface area contributed by atoms with Gasteiger partial charge < -0.3 is 11.1 Å². The first-order valence-electron chi connectivity index (χ1n) is 6.70. The molecule has 0 saturated heterocycles. The van der Waals surface area contributed by atoms with E-state index in [0.29, 0.717) is 17.4 Å². The monoisotopic (exact) mass is 373 g/mol. The molecule has 3 N–H and O–H groups in total. The molecule has 0 aliphatic heterocycles. The van der Waals surface area contributed by atoms with Crippen molar-refractivity contribution < 1.29 is 0 Å². The number of halogens is 1. The molecule has 4 heteroatoms. The van der Waals surface area contributed by atoms with Crippen LogP contribution in [0.15, 0.2) is 29.3 Å². The molecule has 0 aromatic heterocycles. The van der Waals surface area contributed by atoms with Gasteiger partial charge >= 0.3 is 0 Å². The van der Waals surface area contributed by atoms with Gasteiger partial charge in [-0.05, 0) is 42.4 Å². The lowest BCUT2D eigenvalue weighted by Gasteiger charge is -2.41. The van der Waals surface area contributed by atoms with Crippen molar-refractivity contribution in [3.05, 3.63) is 29.8 Å². The Morgan fingerprint density at radius 3 is 2.42 bits per heavy atom. The zero-order valence-corrected chi connectivity index (χ0v) is 14.3. The number of nitrogens with zero attached hydrogens (tertiary/aromatic N) is 1. The molecule has 0 radical (unpaired) electrons. The molecule has 19 heavy (non-hydrogen) atoms. The van der Waals surface area contributed by atoms with E-state index >= 15 is 0 Å². The molecule has 1 unspecified atom stereocenters. The summed E-state index contributed by atoms with van der Waals surface area (Å²) in [6.45, 7) is 6.64. The Labute approximate surface area is 133 Å². The van der Waals surface area contributed by atoms with E-state index in [1.54, 1.807) is 0 Å². The summed E-state index contributed by atoms with van der Waals surface area (Å²) >= 11 is 0. The Kier molecular flexibility index (Phi) is 5.64. The van der Waals surface area contributed by atoms with Crippen molar-refractivity contribution in [3.63, 3.8) is 0 Å². The largest absolute Gasteiger partial charge is 0.370 e. The third-order valence-electron chi connectivity index (χ3n) is 3.89. The van der Waals surface area contributed by atoms with Crippen LogP contribution in [-0.2, 0) is 6.42 Å². The zero-order chi connectivity index (χ0) is 13.2. The van der Waals surface area contributed by atoms with Crippen molar-refractivity contribution in [1.29, 1.82) is 0 Å². The predicted molar refractivity (Wildman–Crippen MR) is 93.3 cm³/mol. The molecule has 1 aliphatic carbocycles. The van der Waals surface area contributed by atoms with E-state index in [4.69, 9.17) is 5.73 Å². The van der Waals surface area contributed by atoms with Crippen LogP contribution in [0.1, 0.15) is 39.2 Å². The number of guanidine groups is 1. The van der Waals surface area contributed by atoms with E-state index in [1.807, 2.05) is 12.1 Å². The molecular weight excluding hydrogens is 349 g/mol. The maximum atomic E-state index is 5.95. The van der Waals surface area contributed by atoms with Crippen LogP contribution >= 0.6 is 24.0 Å². The van der Waals surface area contributed by atoms with Gasteiger partial charge in [-0.1, -0.05) is 32.9 Å². The number of hydrogen-bond donors (Lipinski definition) is 2. The number of nitrogens with two attached hydrogens (primary N) is 1. The average molecular weight is 373 g/mol. The molecule has 1 aliphatic rings. The van der Waals surface area contributed by atoms with Crippen molar-refractivity contribution in [2.45, 2.75) is 46.1 Å². The second kappa shape index (κ2) is 6.59. The molecule has 3 nitrogen and oxygen atoms in total. The van der Waals surface area contributed by atoms with Crippen molar-refractivity contribution in [1.82, 2.24) is 0 Å². The van der Waals surface area contributed by atoms with Gasteiger partial charge in [0.15, 0.2) is 5.96 Å². The van der Waals surface area contributed by atoms with Gasteiger partial charge in [-0.25, -0.2) is 4.99 Å². The number of nitrogens with one attached hydrogen (secondary N) is 1. The third-order valence-corrected chi connectivity index (χ3v) is 3.89. The fourth-order valence-corrected chi connectivity index (χ4v) is 2.26. The molecule has 1 fully saturated rings. The number of aliphatic imine (C=N–C) groups is 1. The number of hydrogen-bond acceptors (Lipinski definition) is 1. The first kappa shape index (κ1) is 16.3. The van der Waals surface area contributed by atoms with Gasteiger partial charge in [0, 0.05) is 5.69 Å². The normalized spacial score (nSPS) is 21.2. The van der Waals surface area contributed by atoms with Crippen LogP contribution in [0.25, 0.3) is 0 Å². The highest BCUT2D eigenvalue weighted by Crippen LogP contribution is 2.42. The fraction of sp³-hybridized carbons (Fsp3) is 0.533. The Morgan fingerprint density at radius 1 is 1.37 bits per heavy atom. The van der Waals surface area contributed by atoms with Gasteiger partial charge in [-0.15, -0.1) is 24.0 Å². The Balaban J connectivity index is 0.00000180. The molecule has 0 bridgehead atoms. The van der Waals surface area contributed by atoms with E-state index in [0.717, 1.165) is 18.5 Å². The van der Waals surface area contributed by atoms with Crippen LogP contribution in [-0.4, -0.2) is 12.0 Å². The Hall–Kier alpha value is -0.780. The molecule has 1 atom stereocenters. The maximum Gasteiger partial charge on any atom is 0.193 e. The van der Waals surface area contributed by atoms with Crippen molar-refractivity contribution in [2.24, 2.45) is 16.1 Å². The first-order chi connectivity index (χ1) is 8.51. The highest BCUT2D eigenvalue weighted by molar-refractivity contribution is 14.0. The second-order valence-corrected chi connectivity index (χ2v) is 5.73. The number of anilines is 1. The molecule has 0 spiro atoms. The topological polar surface area (TPSA) is 50.4 Å². The zero-order valence-electron chi connectivity index (χ0n) is 11.9. The molecule has 1 saturated carbocycles. The SMILES string of the molecule is CCc1ccc(NC(N)=NC2CCC2(C)C)cc1.I. The lowest BCUT2D eigenvalue weighted by molar-refractivity contribution is 0.145. The summed E-state index contributed by atoms with van der Waals surface area (Å²) in [6.07, 6.45) is 3.43. The summed E-state index contributed by atoms with van der Waals surface area (Å²) in [5.74, 6) is 0.525. The summed E-state index contributed by atoms with van der Waals surface area (Å²) in [5, 5.41) is 3.16. The second-order valence-electron chi connectivity index (χ2n) is 5.73. The fourth-order valence-electron chi connectivity index (χ4n) is 2.26. The standard InChI is InChI=1S/C15H23N3.HI/c1-4-11-5-7-12(8-6-11)17-14(16)18-13-9-10-15(13,2)3;/h5-8,13H,4,9-10H2,1-3H3,(H3,16,17,18);1H. The minimum atomic E-state index is 0.